The van der Waals surface area contributed by atoms with Gasteiger partial charge in [0.2, 0.25) is 0 Å². The quantitative estimate of drug-likeness (QED) is 0.896. The Morgan fingerprint density at radius 2 is 2.10 bits per heavy atom. The van der Waals surface area contributed by atoms with Gasteiger partial charge in [-0.05, 0) is 30.5 Å². The summed E-state index contributed by atoms with van der Waals surface area (Å²) in [4.78, 5) is 2.59. The molecule has 1 N–H and O–H groups in total. The molecule has 3 nitrogen and oxygen atoms in total. The van der Waals surface area contributed by atoms with Gasteiger partial charge in [0.1, 0.15) is 5.75 Å². The van der Waals surface area contributed by atoms with E-state index >= 15 is 0 Å². The molecule has 0 saturated carbocycles. The van der Waals surface area contributed by atoms with E-state index in [1.165, 1.54) is 5.56 Å². The van der Waals surface area contributed by atoms with Crippen LogP contribution in [0.4, 0.5) is 0 Å². The zero-order chi connectivity index (χ0) is 15.6. The molecule has 1 aromatic rings. The Balaban J connectivity index is 2.24. The summed E-state index contributed by atoms with van der Waals surface area (Å²) < 4.78 is 6.63. The number of halogens is 1. The van der Waals surface area contributed by atoms with Gasteiger partial charge in [0.25, 0.3) is 0 Å². The summed E-state index contributed by atoms with van der Waals surface area (Å²) in [5.74, 6) is 0.969. The van der Waals surface area contributed by atoms with Crippen molar-refractivity contribution in [2.75, 3.05) is 20.2 Å². The summed E-state index contributed by atoms with van der Waals surface area (Å²) in [6, 6.07) is 7.30. The molecule has 0 radical (unpaired) electrons. The first kappa shape index (κ1) is 16.8. The highest BCUT2D eigenvalue weighted by atomic mass is 79.9. The second-order valence-corrected chi connectivity index (χ2v) is 7.99. The molecular weight excluding hydrogens is 328 g/mol. The molecule has 1 heterocycles. The molecule has 0 aliphatic carbocycles. The lowest BCUT2D eigenvalue weighted by molar-refractivity contribution is 0.0520. The standard InChI is InChI=1S/C17H27BrN2O/c1-12-10-20(16(9-19-12)17(2,3)4)11-13-8-14(18)6-7-15(13)21-5/h6-8,12,16,19H,9-11H2,1-5H3. The largest absolute Gasteiger partial charge is 0.496 e. The van der Waals surface area contributed by atoms with Crippen LogP contribution < -0.4 is 10.1 Å². The molecule has 1 saturated heterocycles. The highest BCUT2D eigenvalue weighted by Crippen LogP contribution is 2.30. The second-order valence-electron chi connectivity index (χ2n) is 7.08. The van der Waals surface area contributed by atoms with Gasteiger partial charge in [-0.15, -0.1) is 0 Å². The minimum atomic E-state index is 0.256. The lowest BCUT2D eigenvalue weighted by Gasteiger charge is -2.46. The molecule has 0 bridgehead atoms. The Labute approximate surface area is 137 Å². The normalized spacial score (nSPS) is 24.1. The average molecular weight is 355 g/mol. The minimum absolute atomic E-state index is 0.256. The Bertz CT molecular complexity index is 484. The molecule has 118 valence electrons. The summed E-state index contributed by atoms with van der Waals surface area (Å²) >= 11 is 3.57. The van der Waals surface area contributed by atoms with Gasteiger partial charge >= 0.3 is 0 Å². The number of hydrogen-bond donors (Lipinski definition) is 1. The minimum Gasteiger partial charge on any atom is -0.496 e. The van der Waals surface area contributed by atoms with E-state index in [2.05, 4.69) is 59.9 Å². The molecule has 1 aromatic carbocycles. The molecule has 2 atom stereocenters. The van der Waals surface area contributed by atoms with Crippen LogP contribution in [0.2, 0.25) is 0 Å². The SMILES string of the molecule is COc1ccc(Br)cc1CN1CC(C)NCC1C(C)(C)C. The highest BCUT2D eigenvalue weighted by molar-refractivity contribution is 9.10. The molecule has 0 amide bonds. The predicted molar refractivity (Wildman–Crippen MR) is 91.8 cm³/mol. The third-order valence-corrected chi connectivity index (χ3v) is 4.72. The summed E-state index contributed by atoms with van der Waals surface area (Å²) in [5, 5.41) is 3.61. The monoisotopic (exact) mass is 354 g/mol. The van der Waals surface area contributed by atoms with Crippen molar-refractivity contribution < 1.29 is 4.74 Å². The van der Waals surface area contributed by atoms with E-state index in [1.54, 1.807) is 7.11 Å². The van der Waals surface area contributed by atoms with E-state index in [0.717, 1.165) is 29.9 Å². The van der Waals surface area contributed by atoms with E-state index in [0.29, 0.717) is 12.1 Å². The maximum absolute atomic E-state index is 5.53. The van der Waals surface area contributed by atoms with Crippen molar-refractivity contribution >= 4 is 15.9 Å². The first-order valence-electron chi connectivity index (χ1n) is 7.61. The van der Waals surface area contributed by atoms with Crippen molar-refractivity contribution in [3.05, 3.63) is 28.2 Å². The topological polar surface area (TPSA) is 24.5 Å². The van der Waals surface area contributed by atoms with Crippen LogP contribution in [-0.4, -0.2) is 37.2 Å². The van der Waals surface area contributed by atoms with E-state index < -0.39 is 0 Å². The molecule has 1 fully saturated rings. The Morgan fingerprint density at radius 3 is 2.71 bits per heavy atom. The van der Waals surface area contributed by atoms with Crippen molar-refractivity contribution in [1.82, 2.24) is 10.2 Å². The van der Waals surface area contributed by atoms with E-state index in [4.69, 9.17) is 4.74 Å². The molecule has 1 aliphatic heterocycles. The van der Waals surface area contributed by atoms with Crippen LogP contribution in [-0.2, 0) is 6.54 Å². The summed E-state index contributed by atoms with van der Waals surface area (Å²) in [5.41, 5.74) is 1.50. The van der Waals surface area contributed by atoms with Gasteiger partial charge in [-0.25, -0.2) is 0 Å². The Kier molecular flexibility index (Phi) is 5.33. The lowest BCUT2D eigenvalue weighted by Crippen LogP contribution is -2.59. The maximum atomic E-state index is 5.53. The number of hydrogen-bond acceptors (Lipinski definition) is 3. The molecule has 2 unspecified atom stereocenters. The van der Waals surface area contributed by atoms with E-state index in [9.17, 15) is 0 Å². The third kappa shape index (κ3) is 4.21. The number of nitrogens with one attached hydrogen (secondary N) is 1. The Hall–Kier alpha value is -0.580. The number of methoxy groups -OCH3 is 1. The third-order valence-electron chi connectivity index (χ3n) is 4.22. The molecule has 21 heavy (non-hydrogen) atoms. The number of piperazine rings is 1. The average Bonchev–Trinajstić information content (AvgIpc) is 2.37. The predicted octanol–water partition coefficient (Wildman–Crippen LogP) is 3.67. The fraction of sp³-hybridized carbons (Fsp3) is 0.647. The van der Waals surface area contributed by atoms with Crippen LogP contribution in [0.5, 0.6) is 5.75 Å². The van der Waals surface area contributed by atoms with Crippen molar-refractivity contribution in [3.8, 4) is 5.75 Å². The van der Waals surface area contributed by atoms with Crippen LogP contribution in [0, 0.1) is 5.41 Å². The maximum Gasteiger partial charge on any atom is 0.123 e. The highest BCUT2D eigenvalue weighted by Gasteiger charge is 2.34. The van der Waals surface area contributed by atoms with Gasteiger partial charge in [0.05, 0.1) is 7.11 Å². The smallest absolute Gasteiger partial charge is 0.123 e. The number of ether oxygens (including phenoxy) is 1. The van der Waals surface area contributed by atoms with Crippen LogP contribution >= 0.6 is 15.9 Å². The van der Waals surface area contributed by atoms with Crippen molar-refractivity contribution in [3.63, 3.8) is 0 Å². The lowest BCUT2D eigenvalue weighted by atomic mass is 9.83. The summed E-state index contributed by atoms with van der Waals surface area (Å²) in [6.45, 7) is 12.3. The van der Waals surface area contributed by atoms with E-state index in [1.807, 2.05) is 12.1 Å². The molecule has 1 aliphatic rings. The van der Waals surface area contributed by atoms with Crippen molar-refractivity contribution in [1.29, 1.82) is 0 Å². The van der Waals surface area contributed by atoms with Crippen LogP contribution in [0.15, 0.2) is 22.7 Å². The zero-order valence-corrected chi connectivity index (χ0v) is 15.3. The zero-order valence-electron chi connectivity index (χ0n) is 13.7. The number of nitrogens with zero attached hydrogens (tertiary/aromatic N) is 1. The molecule has 0 spiro atoms. The molecule has 4 heteroatoms. The first-order valence-corrected chi connectivity index (χ1v) is 8.40. The van der Waals surface area contributed by atoms with Gasteiger partial charge in [0, 0.05) is 41.8 Å². The Morgan fingerprint density at radius 1 is 1.38 bits per heavy atom. The summed E-state index contributed by atoms with van der Waals surface area (Å²) in [7, 11) is 1.74. The van der Waals surface area contributed by atoms with Gasteiger partial charge < -0.3 is 10.1 Å². The fourth-order valence-corrected chi connectivity index (χ4v) is 3.51. The summed E-state index contributed by atoms with van der Waals surface area (Å²) in [6.07, 6.45) is 0. The van der Waals surface area contributed by atoms with Crippen molar-refractivity contribution in [2.24, 2.45) is 5.41 Å². The van der Waals surface area contributed by atoms with Gasteiger partial charge in [-0.2, -0.15) is 0 Å². The molecular formula is C17H27BrN2O. The van der Waals surface area contributed by atoms with Gasteiger partial charge in [-0.3, -0.25) is 4.90 Å². The number of rotatable bonds is 3. The second kappa shape index (κ2) is 6.67. The fourth-order valence-electron chi connectivity index (χ4n) is 3.10. The van der Waals surface area contributed by atoms with Crippen LogP contribution in [0.25, 0.3) is 0 Å². The van der Waals surface area contributed by atoms with Gasteiger partial charge in [0.15, 0.2) is 0 Å². The molecule has 2 rings (SSSR count). The number of benzene rings is 1. The van der Waals surface area contributed by atoms with Crippen LogP contribution in [0.1, 0.15) is 33.3 Å². The first-order chi connectivity index (χ1) is 9.81. The van der Waals surface area contributed by atoms with Crippen LogP contribution in [0.3, 0.4) is 0 Å². The van der Waals surface area contributed by atoms with Gasteiger partial charge in [-0.1, -0.05) is 36.7 Å². The van der Waals surface area contributed by atoms with E-state index in [-0.39, 0.29) is 5.41 Å². The molecule has 0 aromatic heterocycles. The van der Waals surface area contributed by atoms with Crippen molar-refractivity contribution in [2.45, 2.75) is 46.3 Å².